The van der Waals surface area contributed by atoms with Gasteiger partial charge in [-0.2, -0.15) is 0 Å². The highest BCUT2D eigenvalue weighted by Gasteiger charge is 2.25. The third-order valence-electron chi connectivity index (χ3n) is 2.17. The Hall–Kier alpha value is -1.62. The molecule has 0 fully saturated rings. The van der Waals surface area contributed by atoms with Crippen LogP contribution in [0.25, 0.3) is 0 Å². The van der Waals surface area contributed by atoms with Crippen LogP contribution in [0.3, 0.4) is 0 Å². The van der Waals surface area contributed by atoms with E-state index in [1.807, 2.05) is 0 Å². The second-order valence-electron chi connectivity index (χ2n) is 3.47. The molecular weight excluding hydrogens is 228 g/mol. The fraction of sp³-hybridized carbons (Fsp3) is 0.182. The number of carbonyl (C=O) groups excluding carboxylic acids is 1. The van der Waals surface area contributed by atoms with Crippen molar-refractivity contribution in [3.63, 3.8) is 0 Å². The van der Waals surface area contributed by atoms with Gasteiger partial charge in [-0.1, -0.05) is 18.2 Å². The van der Waals surface area contributed by atoms with Crippen molar-refractivity contribution in [3.05, 3.63) is 47.4 Å². The molecular formula is C11H10O4S. The van der Waals surface area contributed by atoms with Gasteiger partial charge in [-0.3, -0.25) is 0 Å². The second-order valence-corrected chi connectivity index (χ2v) is 5.40. The molecule has 1 atom stereocenters. The van der Waals surface area contributed by atoms with Crippen LogP contribution in [-0.2, 0) is 14.6 Å². The Morgan fingerprint density at radius 3 is 2.50 bits per heavy atom. The summed E-state index contributed by atoms with van der Waals surface area (Å²) in [5.74, 6) is -0.668. The minimum Gasteiger partial charge on any atom is -0.453 e. The summed E-state index contributed by atoms with van der Waals surface area (Å²) >= 11 is 0. The Balaban J connectivity index is 2.03. The van der Waals surface area contributed by atoms with Crippen LogP contribution in [0.4, 0.5) is 0 Å². The number of hydrogen-bond acceptors (Lipinski definition) is 4. The van der Waals surface area contributed by atoms with E-state index in [0.29, 0.717) is 5.56 Å². The first-order chi connectivity index (χ1) is 7.57. The Morgan fingerprint density at radius 1 is 1.25 bits per heavy atom. The first-order valence-electron chi connectivity index (χ1n) is 4.74. The van der Waals surface area contributed by atoms with Gasteiger partial charge in [0.25, 0.3) is 0 Å². The minimum atomic E-state index is -3.18. The molecule has 1 aliphatic heterocycles. The molecule has 0 bridgehead atoms. The molecule has 0 N–H and O–H groups in total. The van der Waals surface area contributed by atoms with Gasteiger partial charge in [0, 0.05) is 5.41 Å². The van der Waals surface area contributed by atoms with Gasteiger partial charge in [0.1, 0.15) is 6.10 Å². The monoisotopic (exact) mass is 238 g/mol. The van der Waals surface area contributed by atoms with E-state index in [1.165, 1.54) is 6.08 Å². The maximum atomic E-state index is 11.6. The molecule has 1 heterocycles. The molecule has 0 radical (unpaired) electrons. The zero-order valence-electron chi connectivity index (χ0n) is 8.37. The molecule has 4 nitrogen and oxygen atoms in total. The number of ether oxygens (including phenoxy) is 1. The first kappa shape index (κ1) is 10.9. The van der Waals surface area contributed by atoms with Crippen molar-refractivity contribution in [3.8, 4) is 0 Å². The molecule has 5 heteroatoms. The van der Waals surface area contributed by atoms with E-state index < -0.39 is 21.9 Å². The van der Waals surface area contributed by atoms with E-state index in [2.05, 4.69) is 0 Å². The molecule has 0 saturated carbocycles. The van der Waals surface area contributed by atoms with Crippen LogP contribution >= 0.6 is 0 Å². The predicted molar refractivity (Wildman–Crippen MR) is 58.6 cm³/mol. The van der Waals surface area contributed by atoms with Gasteiger partial charge < -0.3 is 4.74 Å². The molecule has 1 aromatic carbocycles. The summed E-state index contributed by atoms with van der Waals surface area (Å²) in [5, 5.41) is 1.08. The van der Waals surface area contributed by atoms with Crippen molar-refractivity contribution in [1.29, 1.82) is 0 Å². The zero-order valence-corrected chi connectivity index (χ0v) is 9.18. The van der Waals surface area contributed by atoms with E-state index in [-0.39, 0.29) is 5.75 Å². The summed E-state index contributed by atoms with van der Waals surface area (Å²) in [4.78, 5) is 11.6. The molecule has 0 saturated heterocycles. The second kappa shape index (κ2) is 4.09. The summed E-state index contributed by atoms with van der Waals surface area (Å²) in [7, 11) is -3.18. The molecule has 2 rings (SSSR count). The van der Waals surface area contributed by atoms with Crippen LogP contribution in [0.1, 0.15) is 10.4 Å². The third-order valence-corrected chi connectivity index (χ3v) is 3.53. The standard InChI is InChI=1S/C11H10O4S/c12-11(9-4-2-1-3-5-9)15-10-6-7-16(13,14)8-10/h1-7,10H,8H2/t10-/m1/s1. The van der Waals surface area contributed by atoms with Gasteiger partial charge in [-0.25, -0.2) is 13.2 Å². The Labute approximate surface area is 93.5 Å². The molecule has 0 aliphatic carbocycles. The van der Waals surface area contributed by atoms with Crippen molar-refractivity contribution >= 4 is 15.8 Å². The van der Waals surface area contributed by atoms with E-state index >= 15 is 0 Å². The van der Waals surface area contributed by atoms with Crippen LogP contribution in [0, 0.1) is 0 Å². The predicted octanol–water partition coefficient (Wildman–Crippen LogP) is 1.15. The molecule has 16 heavy (non-hydrogen) atoms. The molecule has 0 aromatic heterocycles. The third kappa shape index (κ3) is 2.49. The maximum absolute atomic E-state index is 11.6. The Morgan fingerprint density at radius 2 is 1.94 bits per heavy atom. The molecule has 0 unspecified atom stereocenters. The number of esters is 1. The summed E-state index contributed by atoms with van der Waals surface area (Å²) in [5.41, 5.74) is 0.417. The van der Waals surface area contributed by atoms with Crippen molar-refractivity contribution in [1.82, 2.24) is 0 Å². The van der Waals surface area contributed by atoms with Crippen LogP contribution in [-0.4, -0.2) is 26.2 Å². The highest BCUT2D eigenvalue weighted by Crippen LogP contribution is 2.13. The van der Waals surface area contributed by atoms with Gasteiger partial charge in [0.15, 0.2) is 9.84 Å². The Bertz CT molecular complexity index is 516. The van der Waals surface area contributed by atoms with Crippen molar-refractivity contribution in [2.75, 3.05) is 5.75 Å². The smallest absolute Gasteiger partial charge is 0.338 e. The number of rotatable bonds is 2. The summed E-state index contributed by atoms with van der Waals surface area (Å²) in [6.45, 7) is 0. The summed E-state index contributed by atoms with van der Waals surface area (Å²) in [6, 6.07) is 8.47. The SMILES string of the molecule is O=C(O[C@@H]1C=CS(=O)(=O)C1)c1ccccc1. The lowest BCUT2D eigenvalue weighted by atomic mass is 10.2. The number of hydrogen-bond donors (Lipinski definition) is 0. The van der Waals surface area contributed by atoms with Gasteiger partial charge in [0.2, 0.25) is 0 Å². The fourth-order valence-electron chi connectivity index (χ4n) is 1.40. The molecule has 1 aliphatic rings. The first-order valence-corrected chi connectivity index (χ1v) is 6.45. The van der Waals surface area contributed by atoms with Gasteiger partial charge in [-0.05, 0) is 18.2 Å². The largest absolute Gasteiger partial charge is 0.453 e. The minimum absolute atomic E-state index is 0.161. The van der Waals surface area contributed by atoms with Crippen LogP contribution in [0.2, 0.25) is 0 Å². The van der Waals surface area contributed by atoms with Crippen molar-refractivity contribution in [2.45, 2.75) is 6.10 Å². The van der Waals surface area contributed by atoms with E-state index in [0.717, 1.165) is 5.41 Å². The van der Waals surface area contributed by atoms with Gasteiger partial charge in [0.05, 0.1) is 11.3 Å². The van der Waals surface area contributed by atoms with Gasteiger partial charge in [-0.15, -0.1) is 0 Å². The van der Waals surface area contributed by atoms with E-state index in [4.69, 9.17) is 4.74 Å². The maximum Gasteiger partial charge on any atom is 0.338 e. The topological polar surface area (TPSA) is 60.4 Å². The number of sulfone groups is 1. The lowest BCUT2D eigenvalue weighted by Gasteiger charge is -2.08. The van der Waals surface area contributed by atoms with Crippen LogP contribution in [0.5, 0.6) is 0 Å². The van der Waals surface area contributed by atoms with Gasteiger partial charge >= 0.3 is 5.97 Å². The van der Waals surface area contributed by atoms with Crippen LogP contribution < -0.4 is 0 Å². The van der Waals surface area contributed by atoms with Crippen molar-refractivity contribution in [2.24, 2.45) is 0 Å². The quantitative estimate of drug-likeness (QED) is 0.725. The number of carbonyl (C=O) groups is 1. The molecule has 0 amide bonds. The summed E-state index contributed by atoms with van der Waals surface area (Å²) in [6.07, 6.45) is 0.716. The van der Waals surface area contributed by atoms with Crippen LogP contribution in [0.15, 0.2) is 41.8 Å². The lowest BCUT2D eigenvalue weighted by molar-refractivity contribution is 0.0433. The average Bonchev–Trinajstić information content (AvgIpc) is 2.59. The molecule has 0 spiro atoms. The normalized spacial score (nSPS) is 21.9. The fourth-order valence-corrected chi connectivity index (χ4v) is 2.56. The highest BCUT2D eigenvalue weighted by molar-refractivity contribution is 7.94. The zero-order chi connectivity index (χ0) is 11.6. The highest BCUT2D eigenvalue weighted by atomic mass is 32.2. The average molecular weight is 238 g/mol. The van der Waals surface area contributed by atoms with Crippen molar-refractivity contribution < 1.29 is 17.9 Å². The number of benzene rings is 1. The molecule has 1 aromatic rings. The lowest BCUT2D eigenvalue weighted by Crippen LogP contribution is -2.19. The molecule has 84 valence electrons. The van der Waals surface area contributed by atoms with E-state index in [1.54, 1.807) is 30.3 Å². The van der Waals surface area contributed by atoms with E-state index in [9.17, 15) is 13.2 Å². The Kier molecular flexibility index (Phi) is 2.78. The summed E-state index contributed by atoms with van der Waals surface area (Å²) < 4.78 is 27.2.